The molecule has 0 radical (unpaired) electrons. The molecule has 0 aromatic rings. The van der Waals surface area contributed by atoms with Gasteiger partial charge in [-0.15, -0.1) is 0 Å². The summed E-state index contributed by atoms with van der Waals surface area (Å²) in [5.41, 5.74) is 0.150. The summed E-state index contributed by atoms with van der Waals surface area (Å²) in [5, 5.41) is 13.5. The lowest BCUT2D eigenvalue weighted by Crippen LogP contribution is -2.23. The average molecular weight is 128 g/mol. The van der Waals surface area contributed by atoms with Crippen molar-refractivity contribution in [3.8, 4) is 0 Å². The highest BCUT2D eigenvalue weighted by molar-refractivity contribution is 4.99. The Morgan fingerprint density at radius 1 is 1.56 bits per heavy atom. The molecule has 2 heterocycles. The number of rotatable bonds is 0. The predicted molar refractivity (Wildman–Crippen MR) is 33.2 cm³/mol. The summed E-state index contributed by atoms with van der Waals surface area (Å²) in [6.45, 7) is 5.26. The van der Waals surface area contributed by atoms with Crippen LogP contribution in [-0.4, -0.2) is 33.6 Å². The SMILES string of the molecule is CC1(C)N2CC[C@@H](O)N21. The molecule has 52 valence electrons. The lowest BCUT2D eigenvalue weighted by Gasteiger charge is -2.08. The number of fused-ring (bicyclic) bond motifs is 1. The molecule has 0 spiro atoms. The molecule has 0 saturated carbocycles. The Bertz CT molecular complexity index is 146. The van der Waals surface area contributed by atoms with Crippen molar-refractivity contribution < 1.29 is 5.11 Å². The van der Waals surface area contributed by atoms with Crippen LogP contribution in [-0.2, 0) is 0 Å². The summed E-state index contributed by atoms with van der Waals surface area (Å²) in [6, 6.07) is 0. The first-order valence-electron chi connectivity index (χ1n) is 3.39. The van der Waals surface area contributed by atoms with Gasteiger partial charge < -0.3 is 5.11 Å². The zero-order chi connectivity index (χ0) is 6.65. The highest BCUT2D eigenvalue weighted by Crippen LogP contribution is 2.45. The summed E-state index contributed by atoms with van der Waals surface area (Å²) in [6.07, 6.45) is 0.698. The van der Waals surface area contributed by atoms with E-state index in [2.05, 4.69) is 18.9 Å². The Morgan fingerprint density at radius 3 is 2.44 bits per heavy atom. The summed E-state index contributed by atoms with van der Waals surface area (Å²) >= 11 is 0. The van der Waals surface area contributed by atoms with Crippen LogP contribution in [0.3, 0.4) is 0 Å². The molecule has 2 saturated heterocycles. The Labute approximate surface area is 54.8 Å². The van der Waals surface area contributed by atoms with E-state index in [0.29, 0.717) is 0 Å². The van der Waals surface area contributed by atoms with Crippen molar-refractivity contribution in [1.29, 1.82) is 0 Å². The van der Waals surface area contributed by atoms with Gasteiger partial charge in [0.15, 0.2) is 0 Å². The van der Waals surface area contributed by atoms with Gasteiger partial charge in [0.2, 0.25) is 0 Å². The zero-order valence-electron chi connectivity index (χ0n) is 5.83. The Kier molecular flexibility index (Phi) is 0.822. The molecule has 2 aliphatic heterocycles. The van der Waals surface area contributed by atoms with Crippen molar-refractivity contribution in [1.82, 2.24) is 10.0 Å². The molecule has 3 heteroatoms. The van der Waals surface area contributed by atoms with E-state index in [0.717, 1.165) is 13.0 Å². The van der Waals surface area contributed by atoms with Crippen molar-refractivity contribution in [2.24, 2.45) is 0 Å². The first-order chi connectivity index (χ1) is 4.14. The van der Waals surface area contributed by atoms with Gasteiger partial charge in [-0.3, -0.25) is 0 Å². The van der Waals surface area contributed by atoms with E-state index in [1.54, 1.807) is 0 Å². The minimum atomic E-state index is -0.208. The van der Waals surface area contributed by atoms with Gasteiger partial charge in [-0.05, 0) is 13.8 Å². The first-order valence-corrected chi connectivity index (χ1v) is 3.39. The number of aliphatic hydroxyl groups is 1. The van der Waals surface area contributed by atoms with Gasteiger partial charge in [0.1, 0.15) is 6.23 Å². The molecule has 0 aliphatic carbocycles. The molecule has 0 aromatic heterocycles. The molecule has 0 aromatic carbocycles. The maximum absolute atomic E-state index is 9.26. The molecule has 3 nitrogen and oxygen atoms in total. The van der Waals surface area contributed by atoms with Crippen LogP contribution in [0, 0.1) is 0 Å². The standard InChI is InChI=1S/C6H12N2O/c1-6(2)7-4-3-5(9)8(6)7/h5,9H,3-4H2,1-2H3/t5-,7?,8?/m1/s1. The minimum absolute atomic E-state index is 0.150. The van der Waals surface area contributed by atoms with Crippen LogP contribution in [0.15, 0.2) is 0 Å². The molecular formula is C6H12N2O. The normalized spacial score (nSPS) is 53.0. The Hall–Kier alpha value is -0.120. The Balaban J connectivity index is 2.14. The zero-order valence-corrected chi connectivity index (χ0v) is 5.83. The number of aliphatic hydroxyl groups excluding tert-OH is 1. The lowest BCUT2D eigenvalue weighted by atomic mass is 10.2. The van der Waals surface area contributed by atoms with Crippen molar-refractivity contribution >= 4 is 0 Å². The quantitative estimate of drug-likeness (QED) is 0.464. The number of nitrogens with zero attached hydrogens (tertiary/aromatic N) is 2. The van der Waals surface area contributed by atoms with Gasteiger partial charge in [-0.25, -0.2) is 5.01 Å². The molecule has 0 bridgehead atoms. The van der Waals surface area contributed by atoms with Gasteiger partial charge in [-0.2, -0.15) is 5.01 Å². The molecule has 1 N–H and O–H groups in total. The van der Waals surface area contributed by atoms with Crippen LogP contribution >= 0.6 is 0 Å². The van der Waals surface area contributed by atoms with E-state index >= 15 is 0 Å². The van der Waals surface area contributed by atoms with E-state index in [1.165, 1.54) is 0 Å². The van der Waals surface area contributed by atoms with Crippen LogP contribution in [0.1, 0.15) is 20.3 Å². The summed E-state index contributed by atoms with van der Waals surface area (Å²) in [4.78, 5) is 0. The van der Waals surface area contributed by atoms with E-state index in [4.69, 9.17) is 0 Å². The lowest BCUT2D eigenvalue weighted by molar-refractivity contribution is 0.0644. The fourth-order valence-electron chi connectivity index (χ4n) is 1.72. The fraction of sp³-hybridized carbons (Fsp3) is 1.00. The third kappa shape index (κ3) is 0.520. The molecular weight excluding hydrogens is 116 g/mol. The summed E-state index contributed by atoms with van der Waals surface area (Å²) < 4.78 is 0. The number of hydrogen-bond donors (Lipinski definition) is 1. The largest absolute Gasteiger partial charge is 0.377 e. The van der Waals surface area contributed by atoms with Crippen molar-refractivity contribution in [2.75, 3.05) is 6.54 Å². The van der Waals surface area contributed by atoms with Crippen LogP contribution in [0.5, 0.6) is 0 Å². The van der Waals surface area contributed by atoms with Gasteiger partial charge in [0.05, 0.1) is 5.66 Å². The fourth-order valence-corrected chi connectivity index (χ4v) is 1.72. The highest BCUT2D eigenvalue weighted by atomic mass is 16.3. The second-order valence-electron chi connectivity index (χ2n) is 3.23. The topological polar surface area (TPSA) is 26.2 Å². The van der Waals surface area contributed by atoms with Crippen LogP contribution < -0.4 is 0 Å². The Morgan fingerprint density at radius 2 is 2.22 bits per heavy atom. The summed E-state index contributed by atoms with van der Waals surface area (Å²) in [7, 11) is 0. The van der Waals surface area contributed by atoms with Crippen LogP contribution in [0.25, 0.3) is 0 Å². The molecule has 3 atom stereocenters. The van der Waals surface area contributed by atoms with Crippen molar-refractivity contribution in [2.45, 2.75) is 32.2 Å². The van der Waals surface area contributed by atoms with Gasteiger partial charge in [-0.1, -0.05) is 0 Å². The maximum atomic E-state index is 9.26. The maximum Gasteiger partial charge on any atom is 0.123 e. The highest BCUT2D eigenvalue weighted by Gasteiger charge is 2.60. The van der Waals surface area contributed by atoms with Gasteiger partial charge in [0.25, 0.3) is 0 Å². The van der Waals surface area contributed by atoms with E-state index in [1.807, 2.05) is 5.01 Å². The van der Waals surface area contributed by atoms with E-state index in [9.17, 15) is 5.11 Å². The monoisotopic (exact) mass is 128 g/mol. The van der Waals surface area contributed by atoms with E-state index < -0.39 is 0 Å². The van der Waals surface area contributed by atoms with Crippen LogP contribution in [0.4, 0.5) is 0 Å². The second-order valence-corrected chi connectivity index (χ2v) is 3.23. The average Bonchev–Trinajstić information content (AvgIpc) is 2.19. The van der Waals surface area contributed by atoms with E-state index in [-0.39, 0.29) is 11.9 Å². The van der Waals surface area contributed by atoms with Crippen LogP contribution in [0.2, 0.25) is 0 Å². The van der Waals surface area contributed by atoms with Crippen molar-refractivity contribution in [3.63, 3.8) is 0 Å². The molecule has 2 fully saturated rings. The van der Waals surface area contributed by atoms with Gasteiger partial charge >= 0.3 is 0 Å². The minimum Gasteiger partial charge on any atom is -0.377 e. The number of hydrogen-bond acceptors (Lipinski definition) is 3. The predicted octanol–water partition coefficient (Wildman–Crippen LogP) is -0.0228. The molecule has 2 unspecified atom stereocenters. The first kappa shape index (κ1) is 5.65. The summed E-state index contributed by atoms with van der Waals surface area (Å²) in [5.74, 6) is 0. The van der Waals surface area contributed by atoms with Gasteiger partial charge in [0, 0.05) is 13.0 Å². The molecule has 2 aliphatic rings. The molecule has 9 heavy (non-hydrogen) atoms. The van der Waals surface area contributed by atoms with Crippen molar-refractivity contribution in [3.05, 3.63) is 0 Å². The number of hydrazine groups is 1. The molecule has 0 amide bonds. The third-order valence-corrected chi connectivity index (χ3v) is 2.29. The second kappa shape index (κ2) is 1.31. The smallest absolute Gasteiger partial charge is 0.123 e. The molecule has 2 rings (SSSR count). The third-order valence-electron chi connectivity index (χ3n) is 2.29.